The molecule has 0 radical (unpaired) electrons. The highest BCUT2D eigenvalue weighted by atomic mass is 32.1. The molecule has 0 atom stereocenters. The lowest BCUT2D eigenvalue weighted by Crippen LogP contribution is -2.11. The van der Waals surface area contributed by atoms with E-state index in [1.807, 2.05) is 28.3 Å². The van der Waals surface area contributed by atoms with Crippen LogP contribution in [0, 0.1) is 0 Å². The third-order valence-electron chi connectivity index (χ3n) is 3.29. The second-order valence-corrected chi connectivity index (χ2v) is 6.79. The molecule has 3 rings (SSSR count). The Labute approximate surface area is 147 Å². The highest BCUT2D eigenvalue weighted by molar-refractivity contribution is 7.12. The van der Waals surface area contributed by atoms with Crippen LogP contribution in [0.2, 0.25) is 0 Å². The first-order valence-corrected chi connectivity index (χ1v) is 9.19. The quantitative estimate of drug-likeness (QED) is 0.518. The van der Waals surface area contributed by atoms with Gasteiger partial charge in [-0.05, 0) is 64.5 Å². The van der Waals surface area contributed by atoms with Crippen LogP contribution in [0.3, 0.4) is 0 Å². The molecule has 3 aromatic rings. The molecule has 1 amide bonds. The molecule has 0 bridgehead atoms. The Morgan fingerprint density at radius 1 is 1.04 bits per heavy atom. The zero-order valence-electron chi connectivity index (χ0n) is 12.7. The Bertz CT molecular complexity index is 793. The first-order chi connectivity index (χ1) is 11.7. The molecule has 122 valence electrons. The molecule has 24 heavy (non-hydrogen) atoms. The predicted octanol–water partition coefficient (Wildman–Crippen LogP) is 4.60. The highest BCUT2D eigenvalue weighted by Gasteiger charge is 2.08. The van der Waals surface area contributed by atoms with Crippen molar-refractivity contribution in [3.8, 4) is 5.75 Å². The first-order valence-electron chi connectivity index (χ1n) is 7.37. The van der Waals surface area contributed by atoms with Gasteiger partial charge in [0.15, 0.2) is 0 Å². The summed E-state index contributed by atoms with van der Waals surface area (Å²) in [5, 5.41) is 8.67. The molecular weight excluding hydrogens is 342 g/mol. The lowest BCUT2D eigenvalue weighted by atomic mass is 10.2. The molecule has 0 unspecified atom stereocenters. The van der Waals surface area contributed by atoms with Crippen LogP contribution < -0.4 is 10.1 Å². The van der Waals surface area contributed by atoms with Crippen LogP contribution >= 0.6 is 22.7 Å². The second kappa shape index (κ2) is 7.90. The third-order valence-corrected chi connectivity index (χ3v) is 4.89. The molecule has 2 aromatic heterocycles. The smallest absolute Gasteiger partial charge is 0.311 e. The number of hydrogen-bond donors (Lipinski definition) is 1. The van der Waals surface area contributed by atoms with Gasteiger partial charge in [-0.1, -0.05) is 6.07 Å². The van der Waals surface area contributed by atoms with E-state index in [9.17, 15) is 9.59 Å². The summed E-state index contributed by atoms with van der Waals surface area (Å²) in [5.41, 5.74) is 1.80. The Hall–Kier alpha value is -2.44. The number of rotatable bonds is 6. The first kappa shape index (κ1) is 16.4. The summed E-state index contributed by atoms with van der Waals surface area (Å²) in [5.74, 6) is 0.0570. The number of carbonyl (C=O) groups excluding carboxylic acids is 2. The van der Waals surface area contributed by atoms with Crippen LogP contribution in [0.1, 0.15) is 21.7 Å². The van der Waals surface area contributed by atoms with E-state index in [1.165, 1.54) is 11.3 Å². The van der Waals surface area contributed by atoms with Crippen LogP contribution in [0.5, 0.6) is 5.75 Å². The van der Waals surface area contributed by atoms with Gasteiger partial charge in [0.25, 0.3) is 5.91 Å². The predicted molar refractivity (Wildman–Crippen MR) is 97.0 cm³/mol. The SMILES string of the molecule is O=C(CCc1ccsc1)Oc1ccc(NC(=O)c2cccs2)cc1. The standard InChI is InChI=1S/C18H15NO3S2/c20-17(8-3-13-9-11-23-12-13)22-15-6-4-14(5-7-15)19-18(21)16-2-1-10-24-16/h1-2,4-7,9-12H,3,8H2,(H,19,21). The van der Waals surface area contributed by atoms with Gasteiger partial charge in [0.2, 0.25) is 0 Å². The third kappa shape index (κ3) is 4.53. The molecule has 0 spiro atoms. The van der Waals surface area contributed by atoms with E-state index < -0.39 is 0 Å². The Kier molecular flexibility index (Phi) is 5.40. The largest absolute Gasteiger partial charge is 0.427 e. The monoisotopic (exact) mass is 357 g/mol. The molecule has 1 aromatic carbocycles. The normalized spacial score (nSPS) is 10.3. The number of hydrogen-bond acceptors (Lipinski definition) is 5. The minimum atomic E-state index is -0.267. The molecule has 4 nitrogen and oxygen atoms in total. The van der Waals surface area contributed by atoms with Crippen molar-refractivity contribution < 1.29 is 14.3 Å². The molecule has 0 aliphatic rings. The topological polar surface area (TPSA) is 55.4 Å². The maximum atomic E-state index is 12.0. The number of nitrogens with one attached hydrogen (secondary N) is 1. The summed E-state index contributed by atoms with van der Waals surface area (Å²) in [7, 11) is 0. The number of benzene rings is 1. The molecule has 0 saturated carbocycles. The van der Waals surface area contributed by atoms with E-state index in [0.29, 0.717) is 29.2 Å². The van der Waals surface area contributed by atoms with Crippen molar-refractivity contribution in [3.63, 3.8) is 0 Å². The summed E-state index contributed by atoms with van der Waals surface area (Å²) in [4.78, 5) is 24.4. The number of ether oxygens (including phenoxy) is 1. The summed E-state index contributed by atoms with van der Waals surface area (Å²) in [6.45, 7) is 0. The number of amides is 1. The molecule has 0 aliphatic carbocycles. The fourth-order valence-corrected chi connectivity index (χ4v) is 3.39. The van der Waals surface area contributed by atoms with E-state index in [0.717, 1.165) is 5.56 Å². The van der Waals surface area contributed by atoms with Crippen LogP contribution in [-0.2, 0) is 11.2 Å². The van der Waals surface area contributed by atoms with Gasteiger partial charge in [-0.15, -0.1) is 11.3 Å². The Balaban J connectivity index is 1.50. The minimum absolute atomic E-state index is 0.148. The molecule has 0 aliphatic heterocycles. The number of thiophene rings is 2. The van der Waals surface area contributed by atoms with E-state index >= 15 is 0 Å². The van der Waals surface area contributed by atoms with Crippen molar-refractivity contribution in [2.45, 2.75) is 12.8 Å². The Morgan fingerprint density at radius 3 is 2.54 bits per heavy atom. The lowest BCUT2D eigenvalue weighted by Gasteiger charge is -2.06. The number of esters is 1. The van der Waals surface area contributed by atoms with Gasteiger partial charge in [0.1, 0.15) is 5.75 Å². The van der Waals surface area contributed by atoms with Gasteiger partial charge in [-0.2, -0.15) is 11.3 Å². The van der Waals surface area contributed by atoms with E-state index in [4.69, 9.17) is 4.74 Å². The maximum absolute atomic E-state index is 12.0. The molecule has 1 N–H and O–H groups in total. The van der Waals surface area contributed by atoms with Crippen LogP contribution in [0.4, 0.5) is 5.69 Å². The van der Waals surface area contributed by atoms with E-state index in [-0.39, 0.29) is 11.9 Å². The Morgan fingerprint density at radius 2 is 1.88 bits per heavy atom. The van der Waals surface area contributed by atoms with Crippen molar-refractivity contribution in [2.75, 3.05) is 5.32 Å². The van der Waals surface area contributed by atoms with Crippen molar-refractivity contribution in [2.24, 2.45) is 0 Å². The van der Waals surface area contributed by atoms with Crippen LogP contribution in [0.25, 0.3) is 0 Å². The molecular formula is C18H15NO3S2. The molecule has 2 heterocycles. The molecule has 0 saturated heterocycles. The van der Waals surface area contributed by atoms with E-state index in [1.54, 1.807) is 41.7 Å². The van der Waals surface area contributed by atoms with Crippen molar-refractivity contribution in [1.82, 2.24) is 0 Å². The van der Waals surface area contributed by atoms with Gasteiger partial charge in [-0.25, -0.2) is 0 Å². The van der Waals surface area contributed by atoms with Crippen LogP contribution in [-0.4, -0.2) is 11.9 Å². The van der Waals surface area contributed by atoms with Gasteiger partial charge < -0.3 is 10.1 Å². The van der Waals surface area contributed by atoms with Gasteiger partial charge >= 0.3 is 5.97 Å². The number of aryl methyl sites for hydroxylation is 1. The van der Waals surface area contributed by atoms with Gasteiger partial charge in [0, 0.05) is 5.69 Å². The van der Waals surface area contributed by atoms with Crippen molar-refractivity contribution in [3.05, 3.63) is 69.0 Å². The zero-order chi connectivity index (χ0) is 16.8. The van der Waals surface area contributed by atoms with Crippen LogP contribution in [0.15, 0.2) is 58.6 Å². The highest BCUT2D eigenvalue weighted by Crippen LogP contribution is 2.18. The maximum Gasteiger partial charge on any atom is 0.311 e. The lowest BCUT2D eigenvalue weighted by molar-refractivity contribution is -0.134. The van der Waals surface area contributed by atoms with Crippen molar-refractivity contribution >= 4 is 40.2 Å². The van der Waals surface area contributed by atoms with E-state index in [2.05, 4.69) is 5.32 Å². The molecule has 6 heteroatoms. The fraction of sp³-hybridized carbons (Fsp3) is 0.111. The second-order valence-electron chi connectivity index (χ2n) is 5.06. The van der Waals surface area contributed by atoms with Gasteiger partial charge in [0.05, 0.1) is 11.3 Å². The average Bonchev–Trinajstić information content (AvgIpc) is 3.28. The van der Waals surface area contributed by atoms with Gasteiger partial charge in [-0.3, -0.25) is 9.59 Å². The molecule has 0 fully saturated rings. The average molecular weight is 357 g/mol. The summed E-state index contributed by atoms with van der Waals surface area (Å²) >= 11 is 3.00. The number of anilines is 1. The van der Waals surface area contributed by atoms with Crippen molar-refractivity contribution in [1.29, 1.82) is 0 Å². The number of carbonyl (C=O) groups is 2. The zero-order valence-corrected chi connectivity index (χ0v) is 14.4. The summed E-state index contributed by atoms with van der Waals surface area (Å²) in [6.07, 6.45) is 1.02. The minimum Gasteiger partial charge on any atom is -0.427 e. The fourth-order valence-electron chi connectivity index (χ4n) is 2.07. The summed E-state index contributed by atoms with van der Waals surface area (Å²) < 4.78 is 5.30. The summed E-state index contributed by atoms with van der Waals surface area (Å²) in [6, 6.07) is 12.4.